The maximum absolute atomic E-state index is 13.5. The molecule has 92 valence electrons. The van der Waals surface area contributed by atoms with Crippen LogP contribution in [-0.2, 0) is 11.2 Å². The summed E-state index contributed by atoms with van der Waals surface area (Å²) in [6.07, 6.45) is -0.393. The fourth-order valence-corrected chi connectivity index (χ4v) is 1.22. The van der Waals surface area contributed by atoms with Crippen molar-refractivity contribution < 1.29 is 23.5 Å². The van der Waals surface area contributed by atoms with Gasteiger partial charge in [0.05, 0.1) is 12.7 Å². The van der Waals surface area contributed by atoms with E-state index in [1.54, 1.807) is 0 Å². The first kappa shape index (κ1) is 12.9. The van der Waals surface area contributed by atoms with Crippen LogP contribution in [0.1, 0.15) is 15.9 Å². The average Bonchev–Trinajstić information content (AvgIpc) is 2.32. The molecule has 5 nitrogen and oxygen atoms in total. The van der Waals surface area contributed by atoms with Gasteiger partial charge in [-0.25, -0.2) is 13.6 Å². The molecule has 0 unspecified atom stereocenters. The molecular formula is C10H10F2N2O3. The first-order valence-corrected chi connectivity index (χ1v) is 4.52. The molecule has 0 aliphatic heterocycles. The van der Waals surface area contributed by atoms with E-state index in [9.17, 15) is 13.6 Å². The number of benzene rings is 1. The van der Waals surface area contributed by atoms with E-state index < -0.39 is 24.0 Å². The second kappa shape index (κ2) is 5.24. The van der Waals surface area contributed by atoms with Gasteiger partial charge in [-0.15, -0.1) is 0 Å². The number of oxime groups is 1. The van der Waals surface area contributed by atoms with E-state index in [1.807, 2.05) is 0 Å². The predicted molar refractivity (Wildman–Crippen MR) is 54.8 cm³/mol. The minimum atomic E-state index is -0.961. The molecule has 1 rings (SSSR count). The number of carbonyl (C=O) groups is 1. The summed E-state index contributed by atoms with van der Waals surface area (Å²) in [5.41, 5.74) is 4.52. The summed E-state index contributed by atoms with van der Waals surface area (Å²) in [7, 11) is 1.10. The largest absolute Gasteiger partial charge is 0.465 e. The molecule has 0 amide bonds. The van der Waals surface area contributed by atoms with E-state index in [1.165, 1.54) is 0 Å². The zero-order valence-corrected chi connectivity index (χ0v) is 8.91. The molecule has 0 aromatic heterocycles. The molecule has 0 saturated carbocycles. The number of methoxy groups -OCH3 is 1. The monoisotopic (exact) mass is 244 g/mol. The van der Waals surface area contributed by atoms with Gasteiger partial charge in [0.1, 0.15) is 17.5 Å². The van der Waals surface area contributed by atoms with Gasteiger partial charge in [0, 0.05) is 12.0 Å². The van der Waals surface area contributed by atoms with Crippen LogP contribution < -0.4 is 5.73 Å². The van der Waals surface area contributed by atoms with Crippen LogP contribution >= 0.6 is 0 Å². The van der Waals surface area contributed by atoms with Crippen molar-refractivity contribution >= 4 is 11.8 Å². The second-order valence-corrected chi connectivity index (χ2v) is 3.18. The summed E-state index contributed by atoms with van der Waals surface area (Å²) in [6, 6.07) is 1.66. The maximum Gasteiger partial charge on any atom is 0.338 e. The Kier molecular flexibility index (Phi) is 3.97. The van der Waals surface area contributed by atoms with Gasteiger partial charge >= 0.3 is 5.97 Å². The Balaban J connectivity index is 3.15. The van der Waals surface area contributed by atoms with E-state index in [-0.39, 0.29) is 17.0 Å². The number of halogens is 2. The number of rotatable bonds is 3. The third-order valence-corrected chi connectivity index (χ3v) is 2.05. The highest BCUT2D eigenvalue weighted by molar-refractivity contribution is 5.89. The number of carbonyl (C=O) groups excluding carboxylic acids is 1. The number of hydrogen-bond donors (Lipinski definition) is 2. The molecule has 3 N–H and O–H groups in total. The lowest BCUT2D eigenvalue weighted by Gasteiger charge is -2.06. The molecule has 0 spiro atoms. The van der Waals surface area contributed by atoms with Gasteiger partial charge in [-0.1, -0.05) is 5.16 Å². The Hall–Kier alpha value is -2.18. The van der Waals surface area contributed by atoms with Gasteiger partial charge in [-0.2, -0.15) is 0 Å². The number of nitrogens with two attached hydrogens (primary N) is 1. The van der Waals surface area contributed by atoms with Crippen molar-refractivity contribution in [3.05, 3.63) is 34.9 Å². The molecule has 1 aromatic rings. The summed E-state index contributed by atoms with van der Waals surface area (Å²) < 4.78 is 31.3. The molecule has 7 heteroatoms. The highest BCUT2D eigenvalue weighted by Gasteiger charge is 2.16. The smallest absolute Gasteiger partial charge is 0.338 e. The van der Waals surface area contributed by atoms with Crippen LogP contribution in [0.5, 0.6) is 0 Å². The summed E-state index contributed by atoms with van der Waals surface area (Å²) in [5.74, 6) is -3.11. The fourth-order valence-electron chi connectivity index (χ4n) is 1.22. The number of hydrogen-bond acceptors (Lipinski definition) is 4. The lowest BCUT2D eigenvalue weighted by atomic mass is 10.1. The Morgan fingerprint density at radius 3 is 2.41 bits per heavy atom. The van der Waals surface area contributed by atoms with E-state index in [4.69, 9.17) is 10.9 Å². The topological polar surface area (TPSA) is 84.9 Å². The highest BCUT2D eigenvalue weighted by atomic mass is 19.1. The number of amidine groups is 1. The van der Waals surface area contributed by atoms with Gasteiger partial charge in [0.2, 0.25) is 0 Å². The maximum atomic E-state index is 13.5. The molecule has 1 aromatic carbocycles. The summed E-state index contributed by atoms with van der Waals surface area (Å²) in [5, 5.41) is 10.9. The van der Waals surface area contributed by atoms with Crippen LogP contribution in [0.3, 0.4) is 0 Å². The van der Waals surface area contributed by atoms with E-state index in [2.05, 4.69) is 9.89 Å². The third kappa shape index (κ3) is 2.90. The molecule has 0 heterocycles. The van der Waals surface area contributed by atoms with Crippen molar-refractivity contribution in [2.45, 2.75) is 6.42 Å². The van der Waals surface area contributed by atoms with E-state index in [0.717, 1.165) is 19.2 Å². The first-order chi connectivity index (χ1) is 7.99. The fraction of sp³-hybridized carbons (Fsp3) is 0.200. The number of esters is 1. The van der Waals surface area contributed by atoms with Gasteiger partial charge in [0.15, 0.2) is 0 Å². The third-order valence-electron chi connectivity index (χ3n) is 2.05. The minimum absolute atomic E-state index is 0.245. The second-order valence-electron chi connectivity index (χ2n) is 3.18. The molecular weight excluding hydrogens is 234 g/mol. The summed E-state index contributed by atoms with van der Waals surface area (Å²) in [4.78, 5) is 11.1. The van der Waals surface area contributed by atoms with Crippen molar-refractivity contribution in [3.8, 4) is 0 Å². The Bertz CT molecular complexity index is 452. The van der Waals surface area contributed by atoms with Crippen LogP contribution in [0.25, 0.3) is 0 Å². The van der Waals surface area contributed by atoms with Crippen molar-refractivity contribution in [3.63, 3.8) is 0 Å². The molecule has 0 radical (unpaired) electrons. The van der Waals surface area contributed by atoms with Crippen molar-refractivity contribution in [2.24, 2.45) is 10.9 Å². The molecule has 0 bridgehead atoms. The van der Waals surface area contributed by atoms with Crippen LogP contribution in [0, 0.1) is 11.6 Å². The molecule has 0 aliphatic carbocycles. The van der Waals surface area contributed by atoms with Crippen molar-refractivity contribution in [1.82, 2.24) is 0 Å². The van der Waals surface area contributed by atoms with Crippen molar-refractivity contribution in [2.75, 3.05) is 7.11 Å². The van der Waals surface area contributed by atoms with Crippen LogP contribution in [0.15, 0.2) is 17.3 Å². The summed E-state index contributed by atoms with van der Waals surface area (Å²) in [6.45, 7) is 0. The zero-order chi connectivity index (χ0) is 13.0. The van der Waals surface area contributed by atoms with E-state index in [0.29, 0.717) is 0 Å². The number of nitrogens with zero attached hydrogens (tertiary/aromatic N) is 1. The lowest BCUT2D eigenvalue weighted by Crippen LogP contribution is -2.17. The summed E-state index contributed by atoms with van der Waals surface area (Å²) >= 11 is 0. The Labute approximate surface area is 95.5 Å². The first-order valence-electron chi connectivity index (χ1n) is 4.52. The van der Waals surface area contributed by atoms with Gasteiger partial charge in [-0.3, -0.25) is 0 Å². The normalized spacial score (nSPS) is 11.4. The van der Waals surface area contributed by atoms with Gasteiger partial charge < -0.3 is 15.7 Å². The predicted octanol–water partition coefficient (Wildman–Crippen LogP) is 1.04. The minimum Gasteiger partial charge on any atom is -0.465 e. The van der Waals surface area contributed by atoms with Crippen LogP contribution in [0.2, 0.25) is 0 Å². The van der Waals surface area contributed by atoms with Gasteiger partial charge in [-0.05, 0) is 12.1 Å². The quantitative estimate of drug-likeness (QED) is 0.273. The average molecular weight is 244 g/mol. The molecule has 0 fully saturated rings. The SMILES string of the molecule is COC(=O)c1cc(F)c(C/C(N)=N/O)c(F)c1. The highest BCUT2D eigenvalue weighted by Crippen LogP contribution is 2.16. The molecule has 0 aliphatic rings. The molecule has 17 heavy (non-hydrogen) atoms. The number of ether oxygens (including phenoxy) is 1. The Morgan fingerprint density at radius 2 is 2.00 bits per heavy atom. The zero-order valence-electron chi connectivity index (χ0n) is 8.91. The van der Waals surface area contributed by atoms with Gasteiger partial charge in [0.25, 0.3) is 0 Å². The standard InChI is InChI=1S/C10H10F2N2O3/c1-17-10(15)5-2-7(11)6(8(12)3-5)4-9(13)14-16/h2-3,16H,4H2,1H3,(H2,13,14). The molecule has 0 saturated heterocycles. The molecule has 0 atom stereocenters. The lowest BCUT2D eigenvalue weighted by molar-refractivity contribution is 0.0599. The van der Waals surface area contributed by atoms with Crippen LogP contribution in [-0.4, -0.2) is 24.1 Å². The van der Waals surface area contributed by atoms with Crippen LogP contribution in [0.4, 0.5) is 8.78 Å². The Morgan fingerprint density at radius 1 is 1.47 bits per heavy atom. The van der Waals surface area contributed by atoms with E-state index >= 15 is 0 Å². The van der Waals surface area contributed by atoms with Crippen molar-refractivity contribution in [1.29, 1.82) is 0 Å².